The van der Waals surface area contributed by atoms with Gasteiger partial charge >= 0.3 is 5.97 Å². The van der Waals surface area contributed by atoms with E-state index in [4.69, 9.17) is 16.3 Å². The fraction of sp³-hybridized carbons (Fsp3) is 0.588. The molecule has 0 amide bonds. The van der Waals surface area contributed by atoms with Crippen molar-refractivity contribution in [1.29, 1.82) is 0 Å². The van der Waals surface area contributed by atoms with Gasteiger partial charge in [0, 0.05) is 5.02 Å². The van der Waals surface area contributed by atoms with Gasteiger partial charge in [-0.3, -0.25) is 0 Å². The van der Waals surface area contributed by atoms with Gasteiger partial charge in [-0.25, -0.2) is 4.79 Å². The van der Waals surface area contributed by atoms with Crippen molar-refractivity contribution in [3.8, 4) is 0 Å². The van der Waals surface area contributed by atoms with Crippen molar-refractivity contribution in [1.82, 2.24) is 0 Å². The first-order chi connectivity index (χ1) is 9.63. The lowest BCUT2D eigenvalue weighted by atomic mass is 10.1. The molecule has 0 aliphatic carbocycles. The minimum absolute atomic E-state index is 0.0346. The van der Waals surface area contributed by atoms with Crippen LogP contribution in [-0.2, 0) is 4.74 Å². The number of benzene rings is 1. The first-order valence-electron chi connectivity index (χ1n) is 7.60. The standard InChI is InChI=1S/C17H25ClO2/c1-3-4-5-6-7-8-10-14(2)20-17(19)15-11-9-12-16(18)13-15/h9,11-14H,3-8,10H2,1-2H3. The van der Waals surface area contributed by atoms with Gasteiger partial charge in [-0.05, 0) is 38.0 Å². The molecule has 0 spiro atoms. The molecule has 2 nitrogen and oxygen atoms in total. The van der Waals surface area contributed by atoms with E-state index in [0.29, 0.717) is 10.6 Å². The molecule has 0 aliphatic rings. The van der Waals surface area contributed by atoms with Gasteiger partial charge in [0.05, 0.1) is 11.7 Å². The van der Waals surface area contributed by atoms with E-state index in [1.54, 1.807) is 24.3 Å². The maximum Gasteiger partial charge on any atom is 0.338 e. The summed E-state index contributed by atoms with van der Waals surface area (Å²) in [5.41, 5.74) is 0.521. The Balaban J connectivity index is 2.21. The molecule has 112 valence electrons. The molecular formula is C17H25ClO2. The summed E-state index contributed by atoms with van der Waals surface area (Å²) < 4.78 is 5.42. The molecule has 3 heteroatoms. The van der Waals surface area contributed by atoms with Gasteiger partial charge in [-0.2, -0.15) is 0 Å². The van der Waals surface area contributed by atoms with Crippen molar-refractivity contribution >= 4 is 17.6 Å². The highest BCUT2D eigenvalue weighted by molar-refractivity contribution is 6.30. The van der Waals surface area contributed by atoms with Crippen molar-refractivity contribution in [2.45, 2.75) is 64.9 Å². The zero-order valence-electron chi connectivity index (χ0n) is 12.5. The smallest absolute Gasteiger partial charge is 0.338 e. The quantitative estimate of drug-likeness (QED) is 0.435. The topological polar surface area (TPSA) is 26.3 Å². The molecule has 1 rings (SSSR count). The van der Waals surface area contributed by atoms with Crippen LogP contribution in [0.4, 0.5) is 0 Å². The van der Waals surface area contributed by atoms with E-state index in [1.165, 1.54) is 32.1 Å². The van der Waals surface area contributed by atoms with Gasteiger partial charge in [0.25, 0.3) is 0 Å². The normalized spacial score (nSPS) is 12.2. The van der Waals surface area contributed by atoms with Crippen LogP contribution in [0.15, 0.2) is 24.3 Å². The molecule has 1 aromatic rings. The monoisotopic (exact) mass is 296 g/mol. The Morgan fingerprint density at radius 2 is 1.90 bits per heavy atom. The summed E-state index contributed by atoms with van der Waals surface area (Å²) in [5, 5.41) is 0.558. The number of halogens is 1. The molecule has 0 aliphatic heterocycles. The molecule has 0 N–H and O–H groups in total. The van der Waals surface area contributed by atoms with Gasteiger partial charge in [-0.15, -0.1) is 0 Å². The number of hydrogen-bond donors (Lipinski definition) is 0. The molecular weight excluding hydrogens is 272 g/mol. The molecule has 1 unspecified atom stereocenters. The Bertz CT molecular complexity index is 404. The van der Waals surface area contributed by atoms with Crippen LogP contribution >= 0.6 is 11.6 Å². The average Bonchev–Trinajstić information content (AvgIpc) is 2.42. The summed E-state index contributed by atoms with van der Waals surface area (Å²) in [7, 11) is 0. The second-order valence-corrected chi connectivity index (χ2v) is 5.72. The number of unbranched alkanes of at least 4 members (excludes halogenated alkanes) is 5. The van der Waals surface area contributed by atoms with Gasteiger partial charge in [0.15, 0.2) is 0 Å². The van der Waals surface area contributed by atoms with Crippen LogP contribution in [0.25, 0.3) is 0 Å². The molecule has 0 saturated carbocycles. The molecule has 0 heterocycles. The van der Waals surface area contributed by atoms with Gasteiger partial charge in [0.2, 0.25) is 0 Å². The summed E-state index contributed by atoms with van der Waals surface area (Å²) in [6.07, 6.45) is 8.42. The highest BCUT2D eigenvalue weighted by Crippen LogP contribution is 2.14. The predicted molar refractivity (Wildman–Crippen MR) is 84.3 cm³/mol. The molecule has 0 bridgehead atoms. The Labute approximate surface area is 127 Å². The number of carbonyl (C=O) groups excluding carboxylic acids is 1. The summed E-state index contributed by atoms with van der Waals surface area (Å²) in [6, 6.07) is 6.88. The highest BCUT2D eigenvalue weighted by Gasteiger charge is 2.11. The van der Waals surface area contributed by atoms with E-state index < -0.39 is 0 Å². The first-order valence-corrected chi connectivity index (χ1v) is 7.97. The Morgan fingerprint density at radius 1 is 1.20 bits per heavy atom. The molecule has 1 aromatic carbocycles. The predicted octanol–water partition coefficient (Wildman–Crippen LogP) is 5.64. The molecule has 0 fully saturated rings. The van der Waals surface area contributed by atoms with Crippen molar-refractivity contribution in [2.75, 3.05) is 0 Å². The van der Waals surface area contributed by atoms with Crippen molar-refractivity contribution in [3.05, 3.63) is 34.9 Å². The van der Waals surface area contributed by atoms with Crippen molar-refractivity contribution in [2.24, 2.45) is 0 Å². The fourth-order valence-electron chi connectivity index (χ4n) is 2.14. The maximum atomic E-state index is 11.9. The summed E-state index contributed by atoms with van der Waals surface area (Å²) in [4.78, 5) is 11.9. The van der Waals surface area contributed by atoms with E-state index in [0.717, 1.165) is 12.8 Å². The third-order valence-corrected chi connectivity index (χ3v) is 3.57. The van der Waals surface area contributed by atoms with E-state index in [2.05, 4.69) is 6.92 Å². The van der Waals surface area contributed by atoms with Crippen LogP contribution in [0.3, 0.4) is 0 Å². The van der Waals surface area contributed by atoms with Gasteiger partial charge in [0.1, 0.15) is 0 Å². The van der Waals surface area contributed by atoms with Crippen LogP contribution in [-0.4, -0.2) is 12.1 Å². The second-order valence-electron chi connectivity index (χ2n) is 5.28. The van der Waals surface area contributed by atoms with Crippen molar-refractivity contribution < 1.29 is 9.53 Å². The van der Waals surface area contributed by atoms with E-state index in [1.807, 2.05) is 6.92 Å². The van der Waals surface area contributed by atoms with E-state index in [9.17, 15) is 4.79 Å². The Hall–Kier alpha value is -1.02. The number of hydrogen-bond acceptors (Lipinski definition) is 2. The molecule has 0 aromatic heterocycles. The highest BCUT2D eigenvalue weighted by atomic mass is 35.5. The summed E-state index contributed by atoms with van der Waals surface area (Å²) in [5.74, 6) is -0.286. The lowest BCUT2D eigenvalue weighted by molar-refractivity contribution is 0.0319. The SMILES string of the molecule is CCCCCCCCC(C)OC(=O)c1cccc(Cl)c1. The third kappa shape index (κ3) is 6.95. The van der Waals surface area contributed by atoms with E-state index in [-0.39, 0.29) is 12.1 Å². The zero-order valence-corrected chi connectivity index (χ0v) is 13.3. The van der Waals surface area contributed by atoms with Crippen LogP contribution < -0.4 is 0 Å². The van der Waals surface area contributed by atoms with Crippen LogP contribution in [0.2, 0.25) is 5.02 Å². The number of ether oxygens (including phenoxy) is 1. The summed E-state index contributed by atoms with van der Waals surface area (Å²) >= 11 is 5.86. The number of rotatable bonds is 9. The second kappa shape index (κ2) is 9.82. The van der Waals surface area contributed by atoms with Crippen LogP contribution in [0.5, 0.6) is 0 Å². The Kier molecular flexibility index (Phi) is 8.36. The first kappa shape index (κ1) is 17.0. The van der Waals surface area contributed by atoms with Gasteiger partial charge < -0.3 is 4.74 Å². The molecule has 0 radical (unpaired) electrons. The molecule has 1 atom stereocenters. The maximum absolute atomic E-state index is 11.9. The van der Waals surface area contributed by atoms with Crippen LogP contribution in [0, 0.1) is 0 Å². The number of carbonyl (C=O) groups is 1. The summed E-state index contributed by atoms with van der Waals surface area (Å²) in [6.45, 7) is 4.17. The minimum atomic E-state index is -0.286. The minimum Gasteiger partial charge on any atom is -0.459 e. The lowest BCUT2D eigenvalue weighted by Crippen LogP contribution is -2.15. The lowest BCUT2D eigenvalue weighted by Gasteiger charge is -2.13. The van der Waals surface area contributed by atoms with Crippen LogP contribution in [0.1, 0.15) is 69.2 Å². The molecule has 20 heavy (non-hydrogen) atoms. The average molecular weight is 297 g/mol. The Morgan fingerprint density at radius 3 is 2.60 bits per heavy atom. The number of esters is 1. The van der Waals surface area contributed by atoms with Gasteiger partial charge in [-0.1, -0.05) is 56.7 Å². The van der Waals surface area contributed by atoms with Crippen molar-refractivity contribution in [3.63, 3.8) is 0 Å². The third-order valence-electron chi connectivity index (χ3n) is 3.33. The molecule has 0 saturated heterocycles. The fourth-order valence-corrected chi connectivity index (χ4v) is 2.33. The largest absolute Gasteiger partial charge is 0.459 e. The van der Waals surface area contributed by atoms with E-state index >= 15 is 0 Å². The zero-order chi connectivity index (χ0) is 14.8.